The molecule has 1 N–H and O–H groups in total. The van der Waals surface area contributed by atoms with E-state index in [0.29, 0.717) is 17.3 Å². The van der Waals surface area contributed by atoms with Crippen LogP contribution in [0, 0.1) is 0 Å². The van der Waals surface area contributed by atoms with E-state index in [0.717, 1.165) is 12.1 Å². The minimum Gasteiger partial charge on any atom is -0.339 e. The summed E-state index contributed by atoms with van der Waals surface area (Å²) >= 11 is 0. The number of nitrogens with one attached hydrogen (secondary N) is 1. The molecule has 0 aliphatic heterocycles. The third-order valence-electron chi connectivity index (χ3n) is 2.91. The quantitative estimate of drug-likeness (QED) is 0.938. The number of halogens is 3. The van der Waals surface area contributed by atoms with Crippen molar-refractivity contribution in [3.05, 3.63) is 47.1 Å². The number of rotatable bonds is 4. The Hall–Kier alpha value is -1.89. The van der Waals surface area contributed by atoms with Crippen LogP contribution in [0.5, 0.6) is 0 Å². The largest absolute Gasteiger partial charge is 0.416 e. The van der Waals surface area contributed by atoms with Gasteiger partial charge in [0.05, 0.1) is 18.0 Å². The van der Waals surface area contributed by atoms with Crippen molar-refractivity contribution < 1.29 is 17.7 Å². The Kier molecular flexibility index (Phi) is 4.08. The van der Waals surface area contributed by atoms with E-state index in [4.69, 9.17) is 4.52 Å². The Morgan fingerprint density at radius 2 is 2.10 bits per heavy atom. The highest BCUT2D eigenvalue weighted by molar-refractivity contribution is 5.27. The van der Waals surface area contributed by atoms with Crippen molar-refractivity contribution in [2.75, 3.05) is 7.05 Å². The maximum atomic E-state index is 12.6. The number of benzene rings is 1. The van der Waals surface area contributed by atoms with Crippen molar-refractivity contribution >= 4 is 0 Å². The van der Waals surface area contributed by atoms with Gasteiger partial charge < -0.3 is 9.84 Å². The lowest BCUT2D eigenvalue weighted by Crippen LogP contribution is -2.13. The first kappa shape index (κ1) is 14.5. The van der Waals surface area contributed by atoms with Gasteiger partial charge in [0.2, 0.25) is 5.89 Å². The van der Waals surface area contributed by atoms with Gasteiger partial charge in [0.15, 0.2) is 5.82 Å². The van der Waals surface area contributed by atoms with E-state index in [1.165, 1.54) is 6.07 Å². The molecule has 108 valence electrons. The zero-order valence-electron chi connectivity index (χ0n) is 11.0. The van der Waals surface area contributed by atoms with Gasteiger partial charge in [0.1, 0.15) is 0 Å². The molecule has 0 saturated heterocycles. The van der Waals surface area contributed by atoms with Crippen LogP contribution < -0.4 is 5.32 Å². The lowest BCUT2D eigenvalue weighted by Gasteiger charge is -2.07. The van der Waals surface area contributed by atoms with Crippen LogP contribution in [-0.4, -0.2) is 17.2 Å². The number of hydrogen-bond donors (Lipinski definition) is 1. The van der Waals surface area contributed by atoms with Gasteiger partial charge in [0, 0.05) is 0 Å². The molecule has 1 heterocycles. The fourth-order valence-electron chi connectivity index (χ4n) is 1.68. The second-order valence-corrected chi connectivity index (χ2v) is 4.43. The molecule has 1 aromatic heterocycles. The highest BCUT2D eigenvalue weighted by Gasteiger charge is 2.30. The molecule has 0 saturated carbocycles. The van der Waals surface area contributed by atoms with Crippen LogP contribution in [0.3, 0.4) is 0 Å². The smallest absolute Gasteiger partial charge is 0.339 e. The molecule has 7 heteroatoms. The second-order valence-electron chi connectivity index (χ2n) is 4.43. The predicted molar refractivity (Wildman–Crippen MR) is 66.0 cm³/mol. The van der Waals surface area contributed by atoms with Crippen molar-refractivity contribution in [2.45, 2.75) is 25.6 Å². The van der Waals surface area contributed by atoms with Crippen LogP contribution in [0.15, 0.2) is 28.8 Å². The molecule has 0 aliphatic rings. The normalized spacial score (nSPS) is 13.4. The van der Waals surface area contributed by atoms with E-state index in [2.05, 4.69) is 15.5 Å². The SMILES string of the molecule is CNC(C)c1noc(Cc2cccc(C(F)(F)F)c2)n1. The van der Waals surface area contributed by atoms with E-state index < -0.39 is 11.7 Å². The molecule has 0 aliphatic carbocycles. The monoisotopic (exact) mass is 285 g/mol. The van der Waals surface area contributed by atoms with Gasteiger partial charge in [-0.15, -0.1) is 0 Å². The molecule has 0 amide bonds. The molecule has 0 spiro atoms. The van der Waals surface area contributed by atoms with Gasteiger partial charge in [-0.1, -0.05) is 23.4 Å². The topological polar surface area (TPSA) is 51.0 Å². The third kappa shape index (κ3) is 3.36. The van der Waals surface area contributed by atoms with Crippen molar-refractivity contribution in [2.24, 2.45) is 0 Å². The molecule has 0 fully saturated rings. The molecule has 0 bridgehead atoms. The fraction of sp³-hybridized carbons (Fsp3) is 0.385. The maximum absolute atomic E-state index is 12.6. The summed E-state index contributed by atoms with van der Waals surface area (Å²) in [5, 5.41) is 6.74. The summed E-state index contributed by atoms with van der Waals surface area (Å²) in [5.74, 6) is 0.774. The zero-order valence-corrected chi connectivity index (χ0v) is 11.0. The second kappa shape index (κ2) is 5.62. The van der Waals surface area contributed by atoms with Crippen molar-refractivity contribution in [1.29, 1.82) is 0 Å². The first-order valence-electron chi connectivity index (χ1n) is 6.06. The van der Waals surface area contributed by atoms with Crippen LogP contribution in [0.1, 0.15) is 35.8 Å². The number of hydrogen-bond acceptors (Lipinski definition) is 4. The number of alkyl halides is 3. The van der Waals surface area contributed by atoms with Crippen LogP contribution >= 0.6 is 0 Å². The van der Waals surface area contributed by atoms with E-state index >= 15 is 0 Å². The Morgan fingerprint density at radius 1 is 1.35 bits per heavy atom. The average Bonchev–Trinajstić information content (AvgIpc) is 2.85. The molecule has 20 heavy (non-hydrogen) atoms. The molecular weight excluding hydrogens is 271 g/mol. The van der Waals surface area contributed by atoms with E-state index in [-0.39, 0.29) is 12.5 Å². The summed E-state index contributed by atoms with van der Waals surface area (Å²) in [6.07, 6.45) is -4.18. The molecule has 2 rings (SSSR count). The van der Waals surface area contributed by atoms with E-state index in [1.807, 2.05) is 6.92 Å². The molecule has 0 radical (unpaired) electrons. The summed E-state index contributed by atoms with van der Waals surface area (Å²) in [6.45, 7) is 1.86. The minimum atomic E-state index is -4.35. The molecule has 2 aromatic rings. The molecule has 1 atom stereocenters. The first-order valence-corrected chi connectivity index (χ1v) is 6.06. The van der Waals surface area contributed by atoms with Crippen LogP contribution in [0.2, 0.25) is 0 Å². The highest BCUT2D eigenvalue weighted by atomic mass is 19.4. The molecule has 1 unspecified atom stereocenters. The van der Waals surface area contributed by atoms with Crippen molar-refractivity contribution in [1.82, 2.24) is 15.5 Å². The molecule has 1 aromatic carbocycles. The zero-order chi connectivity index (χ0) is 14.8. The van der Waals surface area contributed by atoms with E-state index in [9.17, 15) is 13.2 Å². The van der Waals surface area contributed by atoms with Gasteiger partial charge in [-0.05, 0) is 25.6 Å². The highest BCUT2D eigenvalue weighted by Crippen LogP contribution is 2.29. The van der Waals surface area contributed by atoms with Gasteiger partial charge in [0.25, 0.3) is 0 Å². The number of nitrogens with zero attached hydrogens (tertiary/aromatic N) is 2. The Morgan fingerprint density at radius 3 is 2.75 bits per heavy atom. The summed E-state index contributed by atoms with van der Waals surface area (Å²) in [5.41, 5.74) is -0.203. The summed E-state index contributed by atoms with van der Waals surface area (Å²) in [4.78, 5) is 4.15. The maximum Gasteiger partial charge on any atom is 0.416 e. The van der Waals surface area contributed by atoms with Crippen LogP contribution in [0.25, 0.3) is 0 Å². The lowest BCUT2D eigenvalue weighted by atomic mass is 10.1. The van der Waals surface area contributed by atoms with Crippen molar-refractivity contribution in [3.63, 3.8) is 0 Å². The first-order chi connectivity index (χ1) is 9.40. The van der Waals surface area contributed by atoms with Crippen LogP contribution in [-0.2, 0) is 12.6 Å². The summed E-state index contributed by atoms with van der Waals surface area (Å²) < 4.78 is 42.8. The lowest BCUT2D eigenvalue weighted by molar-refractivity contribution is -0.137. The van der Waals surface area contributed by atoms with Crippen LogP contribution in [0.4, 0.5) is 13.2 Å². The van der Waals surface area contributed by atoms with Gasteiger partial charge in [-0.2, -0.15) is 18.2 Å². The summed E-state index contributed by atoms with van der Waals surface area (Å²) in [7, 11) is 1.76. The predicted octanol–water partition coefficient (Wildman–Crippen LogP) is 2.96. The average molecular weight is 285 g/mol. The molecular formula is C13H14F3N3O. The third-order valence-corrected chi connectivity index (χ3v) is 2.91. The fourth-order valence-corrected chi connectivity index (χ4v) is 1.68. The Bertz CT molecular complexity index is 580. The Labute approximate surface area is 114 Å². The minimum absolute atomic E-state index is 0.0750. The van der Waals surface area contributed by atoms with Gasteiger partial charge in [-0.3, -0.25) is 0 Å². The summed E-state index contributed by atoms with van der Waals surface area (Å²) in [6, 6.07) is 5.01. The standard InChI is InChI=1S/C13H14F3N3O/c1-8(17-2)12-18-11(20-19-12)7-9-4-3-5-10(6-9)13(14,15)16/h3-6,8,17H,7H2,1-2H3. The van der Waals surface area contributed by atoms with Gasteiger partial charge in [-0.25, -0.2) is 0 Å². The van der Waals surface area contributed by atoms with Crippen molar-refractivity contribution in [3.8, 4) is 0 Å². The molecule has 4 nitrogen and oxygen atoms in total. The number of aromatic nitrogens is 2. The van der Waals surface area contributed by atoms with Gasteiger partial charge >= 0.3 is 6.18 Å². The Balaban J connectivity index is 2.16. The van der Waals surface area contributed by atoms with E-state index in [1.54, 1.807) is 13.1 Å².